The zero-order chi connectivity index (χ0) is 20.4. The van der Waals surface area contributed by atoms with Gasteiger partial charge in [-0.3, -0.25) is 4.79 Å². The Bertz CT molecular complexity index is 980. The summed E-state index contributed by atoms with van der Waals surface area (Å²) in [6.45, 7) is 3.07. The van der Waals surface area contributed by atoms with E-state index in [1.54, 1.807) is 51.2 Å². The second kappa shape index (κ2) is 7.79. The van der Waals surface area contributed by atoms with Crippen LogP contribution in [0.1, 0.15) is 21.5 Å². The molecule has 1 amide bonds. The fourth-order valence-corrected chi connectivity index (χ4v) is 3.19. The van der Waals surface area contributed by atoms with Gasteiger partial charge in [-0.05, 0) is 61.4 Å². The quantitative estimate of drug-likeness (QED) is 0.812. The summed E-state index contributed by atoms with van der Waals surface area (Å²) < 4.78 is 28.8. The van der Waals surface area contributed by atoms with Gasteiger partial charge in [0.1, 0.15) is 5.75 Å². The number of anilines is 1. The summed E-state index contributed by atoms with van der Waals surface area (Å²) in [6.07, 6.45) is 1.10. The first-order chi connectivity index (χ1) is 12.5. The lowest BCUT2D eigenvalue weighted by Crippen LogP contribution is -2.27. The highest BCUT2D eigenvalue weighted by molar-refractivity contribution is 7.90. The second-order valence-electron chi connectivity index (χ2n) is 6.23. The maximum Gasteiger partial charge on any atom is 0.341 e. The van der Waals surface area contributed by atoms with Gasteiger partial charge in [-0.2, -0.15) is 0 Å². The summed E-state index contributed by atoms with van der Waals surface area (Å²) in [5, 5.41) is 8.62. The fraction of sp³-hybridized carbons (Fsp3) is 0.263. The van der Waals surface area contributed by atoms with Gasteiger partial charge in [-0.1, -0.05) is 0 Å². The normalized spacial score (nSPS) is 11.1. The van der Waals surface area contributed by atoms with Gasteiger partial charge >= 0.3 is 5.97 Å². The lowest BCUT2D eigenvalue weighted by atomic mass is 10.0. The van der Waals surface area contributed by atoms with Crippen molar-refractivity contribution in [2.24, 2.45) is 0 Å². The van der Waals surface area contributed by atoms with E-state index in [4.69, 9.17) is 9.84 Å². The molecule has 0 saturated heterocycles. The number of hydrogen-bond acceptors (Lipinski definition) is 5. The number of sulfone groups is 1. The molecule has 2 aromatic carbocycles. The molecule has 0 unspecified atom stereocenters. The van der Waals surface area contributed by atoms with Crippen LogP contribution in [-0.2, 0) is 14.6 Å². The molecule has 0 radical (unpaired) electrons. The lowest BCUT2D eigenvalue weighted by Gasteiger charge is -2.20. The van der Waals surface area contributed by atoms with E-state index in [2.05, 4.69) is 0 Å². The highest BCUT2D eigenvalue weighted by Gasteiger charge is 2.20. The minimum absolute atomic E-state index is 0.0970. The zero-order valence-electron chi connectivity index (χ0n) is 15.5. The van der Waals surface area contributed by atoms with Gasteiger partial charge < -0.3 is 14.7 Å². The summed E-state index contributed by atoms with van der Waals surface area (Å²) in [7, 11) is -1.86. The van der Waals surface area contributed by atoms with Gasteiger partial charge in [-0.15, -0.1) is 0 Å². The third kappa shape index (κ3) is 4.85. The minimum Gasteiger partial charge on any atom is -0.482 e. The van der Waals surface area contributed by atoms with E-state index < -0.39 is 22.4 Å². The average Bonchev–Trinajstić information content (AvgIpc) is 2.60. The Morgan fingerprint density at radius 2 is 1.70 bits per heavy atom. The number of rotatable bonds is 6. The van der Waals surface area contributed by atoms with Crippen molar-refractivity contribution >= 4 is 27.4 Å². The second-order valence-corrected chi connectivity index (χ2v) is 8.24. The molecule has 0 aliphatic heterocycles. The third-order valence-electron chi connectivity index (χ3n) is 4.19. The van der Waals surface area contributed by atoms with Gasteiger partial charge in [-0.25, -0.2) is 13.2 Å². The number of carboxylic acids is 1. The molecule has 0 aliphatic rings. The summed E-state index contributed by atoms with van der Waals surface area (Å²) in [4.78, 5) is 24.9. The largest absolute Gasteiger partial charge is 0.482 e. The molecule has 2 aromatic rings. The molecule has 0 aliphatic carbocycles. The van der Waals surface area contributed by atoms with E-state index in [0.717, 1.165) is 6.26 Å². The molecule has 1 N–H and O–H groups in total. The Balaban J connectivity index is 2.32. The SMILES string of the molecule is Cc1cc(S(C)(=O)=O)cc(C(=O)N(C)c2ccc(OCC(=O)O)cc2)c1C. The zero-order valence-corrected chi connectivity index (χ0v) is 16.3. The van der Waals surface area contributed by atoms with Crippen LogP contribution in [0, 0.1) is 13.8 Å². The summed E-state index contributed by atoms with van der Waals surface area (Å²) >= 11 is 0. The number of nitrogens with zero attached hydrogens (tertiary/aromatic N) is 1. The summed E-state index contributed by atoms with van der Waals surface area (Å²) in [6, 6.07) is 9.31. The molecule has 0 bridgehead atoms. The van der Waals surface area contributed by atoms with Gasteiger partial charge in [0.25, 0.3) is 5.91 Å². The molecule has 0 spiro atoms. The molecule has 27 heavy (non-hydrogen) atoms. The highest BCUT2D eigenvalue weighted by atomic mass is 32.2. The lowest BCUT2D eigenvalue weighted by molar-refractivity contribution is -0.139. The van der Waals surface area contributed by atoms with Crippen LogP contribution in [-0.4, -0.2) is 45.3 Å². The van der Waals surface area contributed by atoms with E-state index >= 15 is 0 Å². The molecular weight excluding hydrogens is 370 g/mol. The van der Waals surface area contributed by atoms with E-state index in [1.165, 1.54) is 11.0 Å². The third-order valence-corrected chi connectivity index (χ3v) is 5.28. The van der Waals surface area contributed by atoms with Gasteiger partial charge in [0, 0.05) is 24.6 Å². The first-order valence-electron chi connectivity index (χ1n) is 8.04. The van der Waals surface area contributed by atoms with Gasteiger partial charge in [0.05, 0.1) is 4.90 Å². The number of carbonyl (C=O) groups is 2. The van der Waals surface area contributed by atoms with Crippen molar-refractivity contribution in [3.05, 3.63) is 53.1 Å². The predicted octanol–water partition coefficient (Wildman–Crippen LogP) is 2.45. The van der Waals surface area contributed by atoms with E-state index in [-0.39, 0.29) is 10.8 Å². The number of amides is 1. The average molecular weight is 391 g/mol. The Morgan fingerprint density at radius 1 is 1.11 bits per heavy atom. The first kappa shape index (κ1) is 20.4. The van der Waals surface area contributed by atoms with Crippen molar-refractivity contribution < 1.29 is 27.9 Å². The molecule has 0 saturated carbocycles. The topological polar surface area (TPSA) is 101 Å². The van der Waals surface area contributed by atoms with E-state index in [1.807, 2.05) is 0 Å². The standard InChI is InChI=1S/C19H21NO6S/c1-12-9-16(27(4,24)25)10-17(13(12)2)19(23)20(3)14-5-7-15(8-6-14)26-11-18(21)22/h5-10H,11H2,1-4H3,(H,21,22). The van der Waals surface area contributed by atoms with Crippen molar-refractivity contribution in [2.45, 2.75) is 18.7 Å². The van der Waals surface area contributed by atoms with Crippen LogP contribution >= 0.6 is 0 Å². The summed E-state index contributed by atoms with van der Waals surface area (Å²) in [5.74, 6) is -1.06. The molecule has 0 atom stereocenters. The van der Waals surface area contributed by atoms with E-state index in [0.29, 0.717) is 28.1 Å². The van der Waals surface area contributed by atoms with Crippen molar-refractivity contribution in [3.63, 3.8) is 0 Å². The monoisotopic (exact) mass is 391 g/mol. The predicted molar refractivity (Wildman–Crippen MR) is 101 cm³/mol. The number of hydrogen-bond donors (Lipinski definition) is 1. The maximum absolute atomic E-state index is 12.9. The molecule has 8 heteroatoms. The van der Waals surface area contributed by atoms with Gasteiger partial charge in [0.2, 0.25) is 0 Å². The molecule has 7 nitrogen and oxygen atoms in total. The highest BCUT2D eigenvalue weighted by Crippen LogP contribution is 2.24. The van der Waals surface area contributed by atoms with Crippen LogP contribution in [0.4, 0.5) is 5.69 Å². The Labute approximate surface area is 158 Å². The maximum atomic E-state index is 12.9. The molecule has 144 valence electrons. The van der Waals surface area contributed by atoms with Crippen molar-refractivity contribution in [1.82, 2.24) is 0 Å². The number of ether oxygens (including phenoxy) is 1. The van der Waals surface area contributed by atoms with E-state index in [9.17, 15) is 18.0 Å². The Kier molecular flexibility index (Phi) is 5.90. The van der Waals surface area contributed by atoms with Crippen LogP contribution in [0.15, 0.2) is 41.3 Å². The van der Waals surface area contributed by atoms with Crippen LogP contribution < -0.4 is 9.64 Å². The Hall–Kier alpha value is -2.87. The molecule has 2 rings (SSSR count). The first-order valence-corrected chi connectivity index (χ1v) is 9.94. The van der Waals surface area contributed by atoms with Crippen LogP contribution in [0.3, 0.4) is 0 Å². The number of carboxylic acid groups (broad SMARTS) is 1. The molecule has 0 heterocycles. The fourth-order valence-electron chi connectivity index (χ4n) is 2.47. The van der Waals surface area contributed by atoms with Crippen LogP contribution in [0.25, 0.3) is 0 Å². The Morgan fingerprint density at radius 3 is 2.22 bits per heavy atom. The number of aliphatic carboxylic acids is 1. The molecule has 0 aromatic heterocycles. The molecule has 0 fully saturated rings. The number of carbonyl (C=O) groups excluding carboxylic acids is 1. The minimum atomic E-state index is -3.44. The van der Waals surface area contributed by atoms with Crippen molar-refractivity contribution in [3.8, 4) is 5.75 Å². The molecular formula is C19H21NO6S. The van der Waals surface area contributed by atoms with Crippen molar-refractivity contribution in [2.75, 3.05) is 24.8 Å². The number of benzene rings is 2. The smallest absolute Gasteiger partial charge is 0.341 e. The van der Waals surface area contributed by atoms with Crippen molar-refractivity contribution in [1.29, 1.82) is 0 Å². The van der Waals surface area contributed by atoms with Gasteiger partial charge in [0.15, 0.2) is 16.4 Å². The van der Waals surface area contributed by atoms with Crippen LogP contribution in [0.2, 0.25) is 0 Å². The number of aryl methyl sites for hydroxylation is 1. The van der Waals surface area contributed by atoms with Crippen LogP contribution in [0.5, 0.6) is 5.75 Å². The summed E-state index contributed by atoms with van der Waals surface area (Å²) in [5.41, 5.74) is 2.29.